The number of halogens is 1. The zero-order chi connectivity index (χ0) is 20.4. The molecule has 0 atom stereocenters. The van der Waals surface area contributed by atoms with E-state index in [0.717, 1.165) is 16.6 Å². The first-order valence-electron chi connectivity index (χ1n) is 9.06. The molecule has 0 amide bonds. The summed E-state index contributed by atoms with van der Waals surface area (Å²) in [6.45, 7) is 4.10. The second-order valence-corrected chi connectivity index (χ2v) is 7.29. The maximum atomic E-state index is 13.6. The smallest absolute Gasteiger partial charge is 0.238 e. The molecule has 0 bridgehead atoms. The van der Waals surface area contributed by atoms with Gasteiger partial charge in [0, 0.05) is 5.41 Å². The summed E-state index contributed by atoms with van der Waals surface area (Å²) in [6.07, 6.45) is 3.06. The average Bonchev–Trinajstić information content (AvgIpc) is 3.16. The molecule has 2 aromatic carbocycles. The van der Waals surface area contributed by atoms with Crippen molar-refractivity contribution >= 4 is 11.0 Å². The number of hydrogen-bond acceptors (Lipinski definition) is 5. The highest BCUT2D eigenvalue weighted by atomic mass is 19.1. The third-order valence-corrected chi connectivity index (χ3v) is 4.71. The highest BCUT2D eigenvalue weighted by Gasteiger charge is 2.23. The minimum Gasteiger partial charge on any atom is -0.476 e. The lowest BCUT2D eigenvalue weighted by molar-refractivity contribution is 0.231. The van der Waals surface area contributed by atoms with Gasteiger partial charge in [-0.1, -0.05) is 38.1 Å². The van der Waals surface area contributed by atoms with Crippen LogP contribution in [0.5, 0.6) is 5.88 Å². The Kier molecular flexibility index (Phi) is 4.69. The molecule has 0 spiro atoms. The van der Waals surface area contributed by atoms with E-state index in [2.05, 4.69) is 21.0 Å². The van der Waals surface area contributed by atoms with Gasteiger partial charge >= 0.3 is 0 Å². The van der Waals surface area contributed by atoms with Gasteiger partial charge in [0.25, 0.3) is 0 Å². The number of benzene rings is 2. The third-order valence-electron chi connectivity index (χ3n) is 4.71. The Labute approximate surface area is 167 Å². The Hall–Kier alpha value is -3.79. The van der Waals surface area contributed by atoms with Crippen molar-refractivity contribution in [2.75, 3.05) is 6.61 Å². The van der Waals surface area contributed by atoms with E-state index in [9.17, 15) is 9.65 Å². The Morgan fingerprint density at radius 2 is 1.97 bits per heavy atom. The molecule has 0 saturated carbocycles. The minimum atomic E-state index is -0.484. The number of nitriles is 1. The predicted molar refractivity (Wildman–Crippen MR) is 106 cm³/mol. The molecule has 2 aromatic heterocycles. The first kappa shape index (κ1) is 18.6. The summed E-state index contributed by atoms with van der Waals surface area (Å²) in [6, 6.07) is 16.1. The maximum Gasteiger partial charge on any atom is 0.238 e. The van der Waals surface area contributed by atoms with E-state index in [4.69, 9.17) is 4.74 Å². The van der Waals surface area contributed by atoms with Crippen molar-refractivity contribution in [1.82, 2.24) is 19.5 Å². The Bertz CT molecular complexity index is 1230. The van der Waals surface area contributed by atoms with Crippen molar-refractivity contribution in [3.63, 3.8) is 0 Å². The fourth-order valence-corrected chi connectivity index (χ4v) is 3.02. The van der Waals surface area contributed by atoms with Gasteiger partial charge in [0.1, 0.15) is 23.8 Å². The predicted octanol–water partition coefficient (Wildman–Crippen LogP) is 4.18. The summed E-state index contributed by atoms with van der Waals surface area (Å²) >= 11 is 0. The zero-order valence-electron chi connectivity index (χ0n) is 16.0. The second-order valence-electron chi connectivity index (χ2n) is 7.29. The molecule has 2 heterocycles. The number of para-hydroxylation sites is 2. The maximum absolute atomic E-state index is 13.6. The summed E-state index contributed by atoms with van der Waals surface area (Å²) in [7, 11) is 0. The SMILES string of the molecule is CC(C)(COc1nc(-n2cnc3ccccc32)ncc1C#N)c1cccc(F)c1. The van der Waals surface area contributed by atoms with E-state index in [-0.39, 0.29) is 23.9 Å². The molecule has 0 radical (unpaired) electrons. The monoisotopic (exact) mass is 387 g/mol. The number of imidazole rings is 1. The van der Waals surface area contributed by atoms with E-state index < -0.39 is 5.41 Å². The lowest BCUT2D eigenvalue weighted by atomic mass is 9.85. The van der Waals surface area contributed by atoms with Gasteiger partial charge in [-0.15, -0.1) is 0 Å². The molecular weight excluding hydrogens is 369 g/mol. The molecule has 0 aliphatic carbocycles. The largest absolute Gasteiger partial charge is 0.476 e. The van der Waals surface area contributed by atoms with Crippen molar-refractivity contribution in [3.8, 4) is 17.9 Å². The number of nitrogens with zero attached hydrogens (tertiary/aromatic N) is 5. The Morgan fingerprint density at radius 1 is 1.14 bits per heavy atom. The minimum absolute atomic E-state index is 0.180. The summed E-state index contributed by atoms with van der Waals surface area (Å²) < 4.78 is 21.2. The van der Waals surface area contributed by atoms with E-state index in [1.807, 2.05) is 44.2 Å². The zero-order valence-corrected chi connectivity index (χ0v) is 16.0. The quantitative estimate of drug-likeness (QED) is 0.513. The van der Waals surface area contributed by atoms with Gasteiger partial charge in [0.05, 0.1) is 23.8 Å². The number of aromatic nitrogens is 4. The van der Waals surface area contributed by atoms with Crippen LogP contribution in [0, 0.1) is 17.1 Å². The van der Waals surface area contributed by atoms with Gasteiger partial charge in [0.2, 0.25) is 11.8 Å². The van der Waals surface area contributed by atoms with Crippen LogP contribution in [0.2, 0.25) is 0 Å². The lowest BCUT2D eigenvalue weighted by Crippen LogP contribution is -2.27. The summed E-state index contributed by atoms with van der Waals surface area (Å²) in [5, 5.41) is 9.42. The van der Waals surface area contributed by atoms with Crippen LogP contribution in [-0.2, 0) is 5.41 Å². The average molecular weight is 387 g/mol. The number of hydrogen-bond donors (Lipinski definition) is 0. The topological polar surface area (TPSA) is 76.6 Å². The third kappa shape index (κ3) is 3.65. The molecule has 0 N–H and O–H groups in total. The van der Waals surface area contributed by atoms with Crippen molar-refractivity contribution in [2.24, 2.45) is 0 Å². The van der Waals surface area contributed by atoms with Crippen LogP contribution in [0.4, 0.5) is 4.39 Å². The summed E-state index contributed by atoms with van der Waals surface area (Å²) in [5.41, 5.74) is 2.21. The highest BCUT2D eigenvalue weighted by molar-refractivity contribution is 5.76. The first-order chi connectivity index (χ1) is 14.0. The van der Waals surface area contributed by atoms with E-state index >= 15 is 0 Å². The molecule has 6 nitrogen and oxygen atoms in total. The second kappa shape index (κ2) is 7.32. The summed E-state index contributed by atoms with van der Waals surface area (Å²) in [5.74, 6) is 0.237. The Morgan fingerprint density at radius 3 is 2.76 bits per heavy atom. The van der Waals surface area contributed by atoms with Gasteiger partial charge in [-0.2, -0.15) is 10.2 Å². The van der Waals surface area contributed by atoms with Crippen molar-refractivity contribution in [1.29, 1.82) is 5.26 Å². The van der Waals surface area contributed by atoms with Crippen LogP contribution >= 0.6 is 0 Å². The molecular formula is C22H18FN5O. The Balaban J connectivity index is 1.65. The molecule has 0 aliphatic heterocycles. The standard InChI is InChI=1S/C22H18FN5O/c1-22(2,16-6-5-7-17(23)10-16)13-29-20-15(11-24)12-25-21(27-20)28-14-26-18-8-3-4-9-19(18)28/h3-10,12,14H,13H2,1-2H3. The van der Waals surface area contributed by atoms with Gasteiger partial charge in [-0.3, -0.25) is 4.57 Å². The van der Waals surface area contributed by atoms with Crippen LogP contribution in [0.1, 0.15) is 25.0 Å². The molecule has 0 fully saturated rings. The van der Waals surface area contributed by atoms with E-state index in [1.54, 1.807) is 17.0 Å². The molecule has 4 aromatic rings. The van der Waals surface area contributed by atoms with Crippen molar-refractivity contribution in [2.45, 2.75) is 19.3 Å². The molecule has 0 unspecified atom stereocenters. The molecule has 7 heteroatoms. The van der Waals surface area contributed by atoms with Crippen LogP contribution < -0.4 is 4.74 Å². The van der Waals surface area contributed by atoms with Crippen LogP contribution in [0.25, 0.3) is 17.0 Å². The lowest BCUT2D eigenvalue weighted by Gasteiger charge is -2.25. The number of fused-ring (bicyclic) bond motifs is 1. The van der Waals surface area contributed by atoms with Gasteiger partial charge in [-0.25, -0.2) is 14.4 Å². The van der Waals surface area contributed by atoms with Crippen LogP contribution in [0.15, 0.2) is 61.1 Å². The normalized spacial score (nSPS) is 11.4. The fraction of sp³-hybridized carbons (Fsp3) is 0.182. The van der Waals surface area contributed by atoms with Crippen molar-refractivity contribution < 1.29 is 9.13 Å². The molecule has 4 rings (SSSR count). The van der Waals surface area contributed by atoms with Gasteiger partial charge in [-0.05, 0) is 29.8 Å². The van der Waals surface area contributed by atoms with E-state index in [0.29, 0.717) is 5.95 Å². The first-order valence-corrected chi connectivity index (χ1v) is 9.06. The molecule has 144 valence electrons. The van der Waals surface area contributed by atoms with Gasteiger partial charge in [0.15, 0.2) is 0 Å². The van der Waals surface area contributed by atoms with Crippen molar-refractivity contribution in [3.05, 3.63) is 78.0 Å². The molecule has 0 aliphatic rings. The van der Waals surface area contributed by atoms with Gasteiger partial charge < -0.3 is 4.74 Å². The molecule has 0 saturated heterocycles. The van der Waals surface area contributed by atoms with Crippen LogP contribution in [-0.4, -0.2) is 26.1 Å². The number of rotatable bonds is 5. The molecule has 29 heavy (non-hydrogen) atoms. The summed E-state index contributed by atoms with van der Waals surface area (Å²) in [4.78, 5) is 13.1. The van der Waals surface area contributed by atoms with E-state index in [1.165, 1.54) is 18.3 Å². The number of ether oxygens (including phenoxy) is 1. The van der Waals surface area contributed by atoms with Crippen LogP contribution in [0.3, 0.4) is 0 Å². The highest BCUT2D eigenvalue weighted by Crippen LogP contribution is 2.26. The fourth-order valence-electron chi connectivity index (χ4n) is 3.02.